The van der Waals surface area contributed by atoms with Gasteiger partial charge < -0.3 is 10.2 Å². The normalized spacial score (nSPS) is 17.8. The van der Waals surface area contributed by atoms with Crippen molar-refractivity contribution in [3.8, 4) is 11.4 Å². The third-order valence-corrected chi connectivity index (χ3v) is 5.13. The molecule has 142 valence electrons. The number of aryl methyl sites for hydroxylation is 1. The lowest BCUT2D eigenvalue weighted by atomic mass is 10.0. The fourth-order valence-electron chi connectivity index (χ4n) is 3.80. The van der Waals surface area contributed by atoms with E-state index in [2.05, 4.69) is 57.4 Å². The van der Waals surface area contributed by atoms with E-state index in [1.807, 2.05) is 12.1 Å². The number of aromatic nitrogens is 5. The van der Waals surface area contributed by atoms with Gasteiger partial charge in [0, 0.05) is 42.3 Å². The molecule has 1 aromatic carbocycles. The Morgan fingerprint density at radius 2 is 2.19 bits per heavy atom. The van der Waals surface area contributed by atoms with Gasteiger partial charge in [0.2, 0.25) is 0 Å². The molecule has 1 fully saturated rings. The minimum absolute atomic E-state index is 0.492. The van der Waals surface area contributed by atoms with Gasteiger partial charge in [-0.2, -0.15) is 10.2 Å². The first-order chi connectivity index (χ1) is 13.1. The summed E-state index contributed by atoms with van der Waals surface area (Å²) in [5.41, 5.74) is 3.08. The fraction of sp³-hybridized carbons (Fsp3) is 0.500. The SMILES string of the molecule is CCc1[nH]nc2ccc(-c3nncc(N4CCN[C@@H](CC(C)C)C4)n3)cc12. The Kier molecular flexibility index (Phi) is 5.03. The summed E-state index contributed by atoms with van der Waals surface area (Å²) in [6, 6.07) is 6.63. The number of fused-ring (bicyclic) bond motifs is 1. The number of piperazine rings is 1. The number of hydrogen-bond donors (Lipinski definition) is 2. The van der Waals surface area contributed by atoms with Crippen LogP contribution in [-0.2, 0) is 6.42 Å². The molecule has 0 radical (unpaired) electrons. The van der Waals surface area contributed by atoms with E-state index in [-0.39, 0.29) is 0 Å². The van der Waals surface area contributed by atoms with Gasteiger partial charge in [0.25, 0.3) is 0 Å². The van der Waals surface area contributed by atoms with Crippen LogP contribution in [0, 0.1) is 5.92 Å². The van der Waals surface area contributed by atoms with Crippen LogP contribution < -0.4 is 10.2 Å². The zero-order chi connectivity index (χ0) is 18.8. The maximum atomic E-state index is 4.82. The third kappa shape index (κ3) is 3.78. The van der Waals surface area contributed by atoms with Crippen LogP contribution in [0.1, 0.15) is 32.9 Å². The smallest absolute Gasteiger partial charge is 0.183 e. The molecule has 2 N–H and O–H groups in total. The van der Waals surface area contributed by atoms with E-state index >= 15 is 0 Å². The van der Waals surface area contributed by atoms with Gasteiger partial charge in [0.1, 0.15) is 0 Å². The molecule has 2 aromatic heterocycles. The van der Waals surface area contributed by atoms with Gasteiger partial charge in [-0.25, -0.2) is 4.98 Å². The molecule has 0 saturated carbocycles. The molecule has 3 aromatic rings. The van der Waals surface area contributed by atoms with Crippen LogP contribution in [0.3, 0.4) is 0 Å². The topological polar surface area (TPSA) is 82.6 Å². The zero-order valence-corrected chi connectivity index (χ0v) is 16.2. The van der Waals surface area contributed by atoms with Crippen molar-refractivity contribution in [3.63, 3.8) is 0 Å². The minimum Gasteiger partial charge on any atom is -0.352 e. The second-order valence-electron chi connectivity index (χ2n) is 7.65. The first-order valence-electron chi connectivity index (χ1n) is 9.79. The highest BCUT2D eigenvalue weighted by atomic mass is 15.3. The lowest BCUT2D eigenvalue weighted by Gasteiger charge is -2.35. The molecule has 1 saturated heterocycles. The lowest BCUT2D eigenvalue weighted by molar-refractivity contribution is 0.387. The van der Waals surface area contributed by atoms with E-state index in [0.29, 0.717) is 17.8 Å². The van der Waals surface area contributed by atoms with E-state index in [1.54, 1.807) is 6.20 Å². The van der Waals surface area contributed by atoms with Crippen molar-refractivity contribution in [1.29, 1.82) is 0 Å². The number of benzene rings is 1. The number of H-pyrrole nitrogens is 1. The molecule has 0 amide bonds. The molecule has 0 bridgehead atoms. The second kappa shape index (κ2) is 7.60. The zero-order valence-electron chi connectivity index (χ0n) is 16.2. The average molecular weight is 365 g/mol. The standard InChI is InChI=1S/C20H27N7/c1-4-17-16-10-14(5-6-18(16)25-24-17)20-23-19(11-22-26-20)27-8-7-21-15(12-27)9-13(2)3/h5-6,10-11,13,15,21H,4,7-9,12H2,1-3H3,(H,24,25)/t15-/m0/s1. The van der Waals surface area contributed by atoms with Crippen molar-refractivity contribution in [2.75, 3.05) is 24.5 Å². The molecule has 1 aliphatic rings. The van der Waals surface area contributed by atoms with Crippen LogP contribution >= 0.6 is 0 Å². The predicted molar refractivity (Wildman–Crippen MR) is 108 cm³/mol. The van der Waals surface area contributed by atoms with Crippen LogP contribution in [-0.4, -0.2) is 51.1 Å². The molecule has 0 aliphatic carbocycles. The first kappa shape index (κ1) is 17.9. The Bertz CT molecular complexity index is 918. The molecule has 3 heterocycles. The predicted octanol–water partition coefficient (Wildman–Crippen LogP) is 2.80. The van der Waals surface area contributed by atoms with Crippen molar-refractivity contribution in [3.05, 3.63) is 30.1 Å². The molecule has 1 aliphatic heterocycles. The molecular weight excluding hydrogens is 338 g/mol. The molecule has 0 spiro atoms. The first-order valence-corrected chi connectivity index (χ1v) is 9.79. The van der Waals surface area contributed by atoms with Crippen LogP contribution in [0.25, 0.3) is 22.3 Å². The molecular formula is C20H27N7. The Hall–Kier alpha value is -2.54. The molecule has 27 heavy (non-hydrogen) atoms. The van der Waals surface area contributed by atoms with Crippen LogP contribution in [0.5, 0.6) is 0 Å². The summed E-state index contributed by atoms with van der Waals surface area (Å²) in [5.74, 6) is 2.24. The number of rotatable bonds is 5. The Morgan fingerprint density at radius 3 is 3.00 bits per heavy atom. The average Bonchev–Trinajstić information content (AvgIpc) is 3.10. The summed E-state index contributed by atoms with van der Waals surface area (Å²) in [4.78, 5) is 7.14. The van der Waals surface area contributed by atoms with E-state index in [4.69, 9.17) is 4.98 Å². The van der Waals surface area contributed by atoms with Gasteiger partial charge >= 0.3 is 0 Å². The number of aromatic amines is 1. The third-order valence-electron chi connectivity index (χ3n) is 5.13. The second-order valence-corrected chi connectivity index (χ2v) is 7.65. The van der Waals surface area contributed by atoms with E-state index in [0.717, 1.165) is 54.0 Å². The van der Waals surface area contributed by atoms with Crippen molar-refractivity contribution >= 4 is 16.7 Å². The van der Waals surface area contributed by atoms with Crippen molar-refractivity contribution < 1.29 is 0 Å². The van der Waals surface area contributed by atoms with E-state index in [9.17, 15) is 0 Å². The highest BCUT2D eigenvalue weighted by Gasteiger charge is 2.22. The summed E-state index contributed by atoms with van der Waals surface area (Å²) in [6.07, 6.45) is 3.85. The Morgan fingerprint density at radius 1 is 1.30 bits per heavy atom. The summed E-state index contributed by atoms with van der Waals surface area (Å²) >= 11 is 0. The van der Waals surface area contributed by atoms with Gasteiger partial charge in [0.05, 0.1) is 11.7 Å². The van der Waals surface area contributed by atoms with Crippen molar-refractivity contribution in [1.82, 2.24) is 30.7 Å². The number of hydrogen-bond acceptors (Lipinski definition) is 6. The summed E-state index contributed by atoms with van der Waals surface area (Å²) in [7, 11) is 0. The minimum atomic E-state index is 0.492. The number of anilines is 1. The van der Waals surface area contributed by atoms with Crippen LogP contribution in [0.15, 0.2) is 24.4 Å². The highest BCUT2D eigenvalue weighted by Crippen LogP contribution is 2.24. The molecule has 1 atom stereocenters. The lowest BCUT2D eigenvalue weighted by Crippen LogP contribution is -2.51. The van der Waals surface area contributed by atoms with Gasteiger partial charge in [-0.15, -0.1) is 5.10 Å². The van der Waals surface area contributed by atoms with Gasteiger partial charge in [-0.1, -0.05) is 20.8 Å². The molecule has 0 unspecified atom stereocenters. The van der Waals surface area contributed by atoms with Crippen LogP contribution in [0.2, 0.25) is 0 Å². The van der Waals surface area contributed by atoms with Gasteiger partial charge in [-0.3, -0.25) is 5.10 Å². The molecule has 7 nitrogen and oxygen atoms in total. The summed E-state index contributed by atoms with van der Waals surface area (Å²) in [6.45, 7) is 9.52. The number of nitrogens with one attached hydrogen (secondary N) is 2. The summed E-state index contributed by atoms with van der Waals surface area (Å²) < 4.78 is 0. The molecule has 7 heteroatoms. The Labute approximate surface area is 159 Å². The maximum absolute atomic E-state index is 4.82. The summed E-state index contributed by atoms with van der Waals surface area (Å²) in [5, 5.41) is 20.7. The highest BCUT2D eigenvalue weighted by molar-refractivity contribution is 5.85. The quantitative estimate of drug-likeness (QED) is 0.723. The van der Waals surface area contributed by atoms with E-state index in [1.165, 1.54) is 6.42 Å². The van der Waals surface area contributed by atoms with Crippen molar-refractivity contribution in [2.45, 2.75) is 39.7 Å². The fourth-order valence-corrected chi connectivity index (χ4v) is 3.80. The van der Waals surface area contributed by atoms with Crippen LogP contribution in [0.4, 0.5) is 5.82 Å². The van der Waals surface area contributed by atoms with Gasteiger partial charge in [0.15, 0.2) is 11.6 Å². The monoisotopic (exact) mass is 365 g/mol. The van der Waals surface area contributed by atoms with E-state index < -0.39 is 0 Å². The number of nitrogens with zero attached hydrogens (tertiary/aromatic N) is 5. The molecule has 4 rings (SSSR count). The van der Waals surface area contributed by atoms with Gasteiger partial charge in [-0.05, 0) is 37.0 Å². The van der Waals surface area contributed by atoms with Crippen molar-refractivity contribution in [2.24, 2.45) is 5.92 Å². The largest absolute Gasteiger partial charge is 0.352 e. The maximum Gasteiger partial charge on any atom is 0.183 e. The Balaban J connectivity index is 1.61.